The van der Waals surface area contributed by atoms with Crippen molar-refractivity contribution in [2.75, 3.05) is 19.8 Å². The van der Waals surface area contributed by atoms with Crippen molar-refractivity contribution in [3.63, 3.8) is 0 Å². The average molecular weight is 521 g/mol. The number of ether oxygens (including phenoxy) is 1. The van der Waals surface area contributed by atoms with Crippen LogP contribution in [0.2, 0.25) is 0 Å². The van der Waals surface area contributed by atoms with Gasteiger partial charge in [-0.2, -0.15) is 0 Å². The molecule has 13 heteroatoms. The highest BCUT2D eigenvalue weighted by Crippen LogP contribution is 2.43. The Hall–Kier alpha value is -1.85. The molecule has 1 heterocycles. The number of esters is 1. The van der Waals surface area contributed by atoms with E-state index in [0.29, 0.717) is 6.42 Å². The molecule has 0 radical (unpaired) electrons. The van der Waals surface area contributed by atoms with Crippen LogP contribution < -0.4 is 5.73 Å². The number of aromatic nitrogens is 3. The van der Waals surface area contributed by atoms with Crippen LogP contribution in [0, 0.1) is 0 Å². The zero-order chi connectivity index (χ0) is 25.9. The third-order valence-electron chi connectivity index (χ3n) is 5.18. The number of aliphatic carboxylic acids is 1. The Balaban J connectivity index is 1.97. The molecule has 0 fully saturated rings. The van der Waals surface area contributed by atoms with Crippen LogP contribution in [-0.4, -0.2) is 62.8 Å². The number of phosphoric acid groups is 1. The second kappa shape index (κ2) is 18.4. The molecule has 0 saturated carbocycles. The van der Waals surface area contributed by atoms with Gasteiger partial charge in [0.25, 0.3) is 0 Å². The number of nitrogens with two attached hydrogens (primary N) is 1. The van der Waals surface area contributed by atoms with Crippen LogP contribution in [0.1, 0.15) is 83.2 Å². The topological polar surface area (TPSA) is 176 Å². The zero-order valence-electron chi connectivity index (χ0n) is 20.7. The van der Waals surface area contributed by atoms with Crippen molar-refractivity contribution < 1.29 is 37.9 Å². The lowest BCUT2D eigenvalue weighted by Crippen LogP contribution is -2.34. The lowest BCUT2D eigenvalue weighted by molar-refractivity contribution is -0.144. The quantitative estimate of drug-likeness (QED) is 0.116. The molecule has 0 aliphatic carbocycles. The summed E-state index contributed by atoms with van der Waals surface area (Å²) in [4.78, 5) is 31.7. The van der Waals surface area contributed by atoms with Crippen molar-refractivity contribution in [1.29, 1.82) is 0 Å². The summed E-state index contributed by atoms with van der Waals surface area (Å²) in [5, 5.41) is 17.0. The van der Waals surface area contributed by atoms with E-state index >= 15 is 0 Å². The summed E-state index contributed by atoms with van der Waals surface area (Å²) in [6.07, 6.45) is 13.2. The van der Waals surface area contributed by atoms with Gasteiger partial charge >= 0.3 is 19.8 Å². The van der Waals surface area contributed by atoms with Crippen molar-refractivity contribution in [1.82, 2.24) is 15.0 Å². The van der Waals surface area contributed by atoms with Gasteiger partial charge in [-0.15, -0.1) is 5.10 Å². The lowest BCUT2D eigenvalue weighted by atomic mass is 10.1. The van der Waals surface area contributed by atoms with E-state index in [0.717, 1.165) is 57.2 Å². The van der Waals surface area contributed by atoms with Crippen LogP contribution in [0.15, 0.2) is 6.20 Å². The number of nitrogens with zero attached hydrogens (tertiary/aromatic N) is 3. The van der Waals surface area contributed by atoms with E-state index in [4.69, 9.17) is 15.6 Å². The van der Waals surface area contributed by atoms with Crippen LogP contribution in [0.5, 0.6) is 0 Å². The van der Waals surface area contributed by atoms with Crippen molar-refractivity contribution in [2.24, 2.45) is 5.73 Å². The standard InChI is InChI=1S/C22H41N4O8P/c1-2-3-4-8-12-19-17-26(25-24-19)14-10-7-5-6-9-13-21(27)32-15-11-16-33-35(30,31)34-18-20(23)22(28)29/h17,20H,2-16,18,23H2,1H3,(H,28,29)(H,30,31)/t20-/m1/s1. The van der Waals surface area contributed by atoms with E-state index in [-0.39, 0.29) is 25.6 Å². The Morgan fingerprint density at radius 3 is 2.51 bits per heavy atom. The highest BCUT2D eigenvalue weighted by molar-refractivity contribution is 7.47. The highest BCUT2D eigenvalue weighted by atomic mass is 31.2. The number of rotatable bonds is 22. The minimum Gasteiger partial charge on any atom is -0.480 e. The summed E-state index contributed by atoms with van der Waals surface area (Å²) >= 11 is 0. The summed E-state index contributed by atoms with van der Waals surface area (Å²) in [6.45, 7) is 2.26. The number of phosphoric ester groups is 1. The van der Waals surface area contributed by atoms with Crippen LogP contribution >= 0.6 is 7.82 Å². The molecule has 1 unspecified atom stereocenters. The first-order valence-corrected chi connectivity index (χ1v) is 13.9. The van der Waals surface area contributed by atoms with Crippen LogP contribution in [-0.2, 0) is 40.9 Å². The molecule has 0 spiro atoms. The zero-order valence-corrected chi connectivity index (χ0v) is 21.6. The monoisotopic (exact) mass is 520 g/mol. The summed E-state index contributed by atoms with van der Waals surface area (Å²) in [5.74, 6) is -1.68. The molecule has 0 aliphatic rings. The molecule has 0 amide bonds. The number of carbonyl (C=O) groups is 2. The first kappa shape index (κ1) is 31.2. The van der Waals surface area contributed by atoms with Gasteiger partial charge in [0.15, 0.2) is 0 Å². The molecule has 202 valence electrons. The predicted molar refractivity (Wildman–Crippen MR) is 128 cm³/mol. The smallest absolute Gasteiger partial charge is 0.472 e. The van der Waals surface area contributed by atoms with Gasteiger partial charge in [0.2, 0.25) is 0 Å². The third-order valence-corrected chi connectivity index (χ3v) is 6.17. The molecule has 1 rings (SSSR count). The fourth-order valence-corrected chi connectivity index (χ4v) is 3.93. The van der Waals surface area contributed by atoms with E-state index in [2.05, 4.69) is 26.3 Å². The van der Waals surface area contributed by atoms with Gasteiger partial charge in [-0.1, -0.05) is 50.7 Å². The molecule has 35 heavy (non-hydrogen) atoms. The van der Waals surface area contributed by atoms with Crippen LogP contribution in [0.25, 0.3) is 0 Å². The van der Waals surface area contributed by atoms with E-state index in [1.54, 1.807) is 0 Å². The molecule has 1 aromatic heterocycles. The fraction of sp³-hybridized carbons (Fsp3) is 0.818. The molecule has 0 aromatic carbocycles. The van der Waals surface area contributed by atoms with E-state index in [9.17, 15) is 19.0 Å². The Morgan fingerprint density at radius 2 is 1.77 bits per heavy atom. The maximum absolute atomic E-state index is 11.8. The Bertz CT molecular complexity index is 776. The fourth-order valence-electron chi connectivity index (χ4n) is 3.15. The van der Waals surface area contributed by atoms with Gasteiger partial charge in [0, 0.05) is 25.6 Å². The minimum absolute atomic E-state index is 0.0476. The van der Waals surface area contributed by atoms with Gasteiger partial charge in [0.05, 0.1) is 25.5 Å². The number of unbranched alkanes of at least 4 members (excludes halogenated alkanes) is 7. The number of carbonyl (C=O) groups excluding carboxylic acids is 1. The largest absolute Gasteiger partial charge is 0.480 e. The lowest BCUT2D eigenvalue weighted by Gasteiger charge is -2.13. The van der Waals surface area contributed by atoms with E-state index in [1.165, 1.54) is 19.3 Å². The molecule has 0 bridgehead atoms. The maximum atomic E-state index is 11.8. The molecule has 0 aliphatic heterocycles. The third kappa shape index (κ3) is 16.4. The Kier molecular flexibility index (Phi) is 16.4. The average Bonchev–Trinajstić information content (AvgIpc) is 3.27. The minimum atomic E-state index is -4.40. The van der Waals surface area contributed by atoms with Crippen molar-refractivity contribution in [2.45, 2.75) is 96.6 Å². The number of aryl methyl sites for hydroxylation is 2. The normalized spacial score (nSPS) is 13.9. The summed E-state index contributed by atoms with van der Waals surface area (Å²) < 4.78 is 27.7. The van der Waals surface area contributed by atoms with Crippen molar-refractivity contribution in [3.8, 4) is 0 Å². The van der Waals surface area contributed by atoms with Crippen LogP contribution in [0.4, 0.5) is 0 Å². The van der Waals surface area contributed by atoms with Gasteiger partial charge in [-0.3, -0.25) is 23.3 Å². The molecule has 2 atom stereocenters. The second-order valence-corrected chi connectivity index (χ2v) is 9.87. The second-order valence-electron chi connectivity index (χ2n) is 8.42. The summed E-state index contributed by atoms with van der Waals surface area (Å²) in [6, 6.07) is -1.42. The van der Waals surface area contributed by atoms with E-state index in [1.807, 2.05) is 10.9 Å². The molecule has 0 saturated heterocycles. The van der Waals surface area contributed by atoms with Gasteiger partial charge in [-0.25, -0.2) is 4.57 Å². The first-order valence-electron chi connectivity index (χ1n) is 12.4. The molecular weight excluding hydrogens is 479 g/mol. The van der Waals surface area contributed by atoms with Crippen molar-refractivity contribution in [3.05, 3.63) is 11.9 Å². The molecule has 1 aromatic rings. The molecule has 12 nitrogen and oxygen atoms in total. The van der Waals surface area contributed by atoms with Gasteiger partial charge in [-0.05, 0) is 25.7 Å². The molecule has 4 N–H and O–H groups in total. The first-order chi connectivity index (χ1) is 16.7. The Labute approximate surface area is 207 Å². The Morgan fingerprint density at radius 1 is 1.06 bits per heavy atom. The van der Waals surface area contributed by atoms with Gasteiger partial charge < -0.3 is 20.5 Å². The van der Waals surface area contributed by atoms with E-state index < -0.39 is 26.4 Å². The maximum Gasteiger partial charge on any atom is 0.472 e. The van der Waals surface area contributed by atoms with Crippen molar-refractivity contribution >= 4 is 19.8 Å². The summed E-state index contributed by atoms with van der Waals surface area (Å²) in [7, 11) is -4.40. The predicted octanol–water partition coefficient (Wildman–Crippen LogP) is 3.22. The molecular formula is C22H41N4O8P. The van der Waals surface area contributed by atoms with Gasteiger partial charge in [0.1, 0.15) is 6.04 Å². The SMILES string of the molecule is CCCCCCc1cn(CCCCCCCC(=O)OCCCOP(=O)(O)OC[C@@H](N)C(=O)O)nn1. The van der Waals surface area contributed by atoms with Crippen LogP contribution in [0.3, 0.4) is 0 Å². The number of carboxylic acid groups (broad SMARTS) is 1. The highest BCUT2D eigenvalue weighted by Gasteiger charge is 2.24. The number of carboxylic acids is 1. The summed E-state index contributed by atoms with van der Waals surface area (Å²) in [5.41, 5.74) is 6.24. The number of hydrogen-bond acceptors (Lipinski definition) is 9. The number of hydrogen-bond donors (Lipinski definition) is 3.